The summed E-state index contributed by atoms with van der Waals surface area (Å²) in [5, 5.41) is 2.81. The molecule has 106 valence electrons. The minimum absolute atomic E-state index is 0.0916. The topological polar surface area (TPSA) is 64.3 Å². The van der Waals surface area contributed by atoms with E-state index in [2.05, 4.69) is 5.32 Å². The van der Waals surface area contributed by atoms with Gasteiger partial charge in [0.2, 0.25) is 5.91 Å². The molecule has 0 aromatic heterocycles. The van der Waals surface area contributed by atoms with Gasteiger partial charge in [0.15, 0.2) is 0 Å². The fourth-order valence-corrected chi connectivity index (χ4v) is 1.56. The molecule has 4 nitrogen and oxygen atoms in total. The monoisotopic (exact) mass is 264 g/mol. The predicted molar refractivity (Wildman–Crippen MR) is 77.1 cm³/mol. The van der Waals surface area contributed by atoms with Crippen LogP contribution in [0.15, 0.2) is 24.3 Å². The lowest BCUT2D eigenvalue weighted by Gasteiger charge is -2.19. The molecule has 1 amide bonds. The van der Waals surface area contributed by atoms with E-state index in [1.807, 2.05) is 52.0 Å². The highest BCUT2D eigenvalue weighted by Crippen LogP contribution is 2.13. The third kappa shape index (κ3) is 5.30. The number of nitrogens with one attached hydrogen (secondary N) is 1. The molecular formula is C15H24N2O2. The molecule has 2 atom stereocenters. The standard InChI is InChI=1S/C15H24N2O2/c1-10(2)14(16)15(18)17-9-12(4)19-13-7-5-11(3)6-8-13/h5-8,10,12,14H,9,16H2,1-4H3,(H,17,18)/t12?,14-/m0/s1. The van der Waals surface area contributed by atoms with Crippen LogP contribution in [0.2, 0.25) is 0 Å². The van der Waals surface area contributed by atoms with Gasteiger partial charge in [0.25, 0.3) is 0 Å². The number of carbonyl (C=O) groups excluding carboxylic acids is 1. The minimum atomic E-state index is -0.466. The Hall–Kier alpha value is -1.55. The molecule has 0 spiro atoms. The number of aryl methyl sites for hydroxylation is 1. The van der Waals surface area contributed by atoms with E-state index in [1.54, 1.807) is 0 Å². The first-order chi connectivity index (χ1) is 8.90. The zero-order valence-electron chi connectivity index (χ0n) is 12.1. The number of benzene rings is 1. The van der Waals surface area contributed by atoms with Crippen molar-refractivity contribution in [3.05, 3.63) is 29.8 Å². The van der Waals surface area contributed by atoms with E-state index in [1.165, 1.54) is 5.56 Å². The molecule has 19 heavy (non-hydrogen) atoms. The third-order valence-electron chi connectivity index (χ3n) is 2.94. The summed E-state index contributed by atoms with van der Waals surface area (Å²) in [5.74, 6) is 0.809. The number of ether oxygens (including phenoxy) is 1. The van der Waals surface area contributed by atoms with Crippen LogP contribution in [0, 0.1) is 12.8 Å². The minimum Gasteiger partial charge on any atom is -0.489 e. The molecule has 4 heteroatoms. The summed E-state index contributed by atoms with van der Waals surface area (Å²) in [6.45, 7) is 8.25. The van der Waals surface area contributed by atoms with Crippen LogP contribution in [0.1, 0.15) is 26.3 Å². The van der Waals surface area contributed by atoms with E-state index >= 15 is 0 Å². The van der Waals surface area contributed by atoms with Gasteiger partial charge in [-0.1, -0.05) is 31.5 Å². The molecule has 1 aromatic carbocycles. The van der Waals surface area contributed by atoms with E-state index in [-0.39, 0.29) is 17.9 Å². The molecule has 1 rings (SSSR count). The van der Waals surface area contributed by atoms with Crippen molar-refractivity contribution in [3.63, 3.8) is 0 Å². The number of amides is 1. The Morgan fingerprint density at radius 1 is 1.26 bits per heavy atom. The van der Waals surface area contributed by atoms with Crippen LogP contribution in [0.25, 0.3) is 0 Å². The quantitative estimate of drug-likeness (QED) is 0.824. The molecule has 0 saturated carbocycles. The van der Waals surface area contributed by atoms with Crippen molar-refractivity contribution in [1.82, 2.24) is 5.32 Å². The molecule has 0 aliphatic rings. The zero-order chi connectivity index (χ0) is 14.4. The second-order valence-electron chi connectivity index (χ2n) is 5.26. The van der Waals surface area contributed by atoms with E-state index in [9.17, 15) is 4.79 Å². The van der Waals surface area contributed by atoms with E-state index in [0.717, 1.165) is 5.75 Å². The average Bonchev–Trinajstić information content (AvgIpc) is 2.37. The summed E-state index contributed by atoms with van der Waals surface area (Å²) in [4.78, 5) is 11.7. The smallest absolute Gasteiger partial charge is 0.237 e. The lowest BCUT2D eigenvalue weighted by Crippen LogP contribution is -2.46. The maximum absolute atomic E-state index is 11.7. The van der Waals surface area contributed by atoms with Gasteiger partial charge in [-0.05, 0) is 31.9 Å². The Morgan fingerprint density at radius 3 is 2.37 bits per heavy atom. The first kappa shape index (κ1) is 15.5. The second kappa shape index (κ2) is 7.14. The Kier molecular flexibility index (Phi) is 5.83. The van der Waals surface area contributed by atoms with Gasteiger partial charge in [0.1, 0.15) is 11.9 Å². The van der Waals surface area contributed by atoms with Gasteiger partial charge < -0.3 is 15.8 Å². The van der Waals surface area contributed by atoms with Gasteiger partial charge in [-0.2, -0.15) is 0 Å². The summed E-state index contributed by atoms with van der Waals surface area (Å²) in [7, 11) is 0. The van der Waals surface area contributed by atoms with E-state index < -0.39 is 6.04 Å². The van der Waals surface area contributed by atoms with Gasteiger partial charge in [-0.25, -0.2) is 0 Å². The summed E-state index contributed by atoms with van der Waals surface area (Å²) in [5.41, 5.74) is 6.95. The molecule has 0 bridgehead atoms. The highest BCUT2D eigenvalue weighted by molar-refractivity contribution is 5.81. The summed E-state index contributed by atoms with van der Waals surface area (Å²) >= 11 is 0. The van der Waals surface area contributed by atoms with Crippen molar-refractivity contribution in [3.8, 4) is 5.75 Å². The Morgan fingerprint density at radius 2 is 1.84 bits per heavy atom. The third-order valence-corrected chi connectivity index (χ3v) is 2.94. The van der Waals surface area contributed by atoms with Crippen molar-refractivity contribution in [2.24, 2.45) is 11.7 Å². The Bertz CT molecular complexity index is 401. The number of nitrogens with two attached hydrogens (primary N) is 1. The van der Waals surface area contributed by atoms with Crippen LogP contribution in [0.4, 0.5) is 0 Å². The zero-order valence-corrected chi connectivity index (χ0v) is 12.1. The van der Waals surface area contributed by atoms with Gasteiger partial charge in [0.05, 0.1) is 12.6 Å². The van der Waals surface area contributed by atoms with Crippen molar-refractivity contribution in [1.29, 1.82) is 0 Å². The summed E-state index contributed by atoms with van der Waals surface area (Å²) in [6.07, 6.45) is -0.0916. The SMILES string of the molecule is Cc1ccc(OC(C)CNC(=O)[C@@H](N)C(C)C)cc1. The Labute approximate surface area is 115 Å². The van der Waals surface area contributed by atoms with Gasteiger partial charge in [-0.3, -0.25) is 4.79 Å². The molecule has 3 N–H and O–H groups in total. The van der Waals surface area contributed by atoms with E-state index in [4.69, 9.17) is 10.5 Å². The lowest BCUT2D eigenvalue weighted by atomic mass is 10.1. The van der Waals surface area contributed by atoms with Gasteiger partial charge >= 0.3 is 0 Å². The van der Waals surface area contributed by atoms with Gasteiger partial charge in [-0.15, -0.1) is 0 Å². The number of hydrogen-bond acceptors (Lipinski definition) is 3. The molecule has 0 fully saturated rings. The molecule has 0 saturated heterocycles. The van der Waals surface area contributed by atoms with E-state index in [0.29, 0.717) is 6.54 Å². The lowest BCUT2D eigenvalue weighted by molar-refractivity contribution is -0.123. The fraction of sp³-hybridized carbons (Fsp3) is 0.533. The van der Waals surface area contributed by atoms with Crippen LogP contribution >= 0.6 is 0 Å². The maximum Gasteiger partial charge on any atom is 0.237 e. The fourth-order valence-electron chi connectivity index (χ4n) is 1.56. The number of carbonyl (C=O) groups is 1. The van der Waals surface area contributed by atoms with Crippen LogP contribution in [0.3, 0.4) is 0 Å². The average molecular weight is 264 g/mol. The summed E-state index contributed by atoms with van der Waals surface area (Å²) < 4.78 is 5.70. The van der Waals surface area contributed by atoms with Crippen molar-refractivity contribution in [2.75, 3.05) is 6.54 Å². The molecule has 0 aliphatic carbocycles. The van der Waals surface area contributed by atoms with Crippen LogP contribution < -0.4 is 15.8 Å². The maximum atomic E-state index is 11.7. The van der Waals surface area contributed by atoms with Crippen LogP contribution in [-0.4, -0.2) is 24.6 Å². The van der Waals surface area contributed by atoms with Crippen molar-refractivity contribution < 1.29 is 9.53 Å². The normalized spacial score (nSPS) is 14.0. The number of rotatable bonds is 6. The van der Waals surface area contributed by atoms with Crippen LogP contribution in [0.5, 0.6) is 5.75 Å². The predicted octanol–water partition coefficient (Wildman–Crippen LogP) is 1.86. The first-order valence-electron chi connectivity index (χ1n) is 6.66. The van der Waals surface area contributed by atoms with Crippen molar-refractivity contribution in [2.45, 2.75) is 39.8 Å². The Balaban J connectivity index is 2.37. The number of hydrogen-bond donors (Lipinski definition) is 2. The van der Waals surface area contributed by atoms with Crippen molar-refractivity contribution >= 4 is 5.91 Å². The largest absolute Gasteiger partial charge is 0.489 e. The molecule has 1 unspecified atom stereocenters. The second-order valence-corrected chi connectivity index (χ2v) is 5.26. The molecular weight excluding hydrogens is 240 g/mol. The highest BCUT2D eigenvalue weighted by Gasteiger charge is 2.17. The first-order valence-corrected chi connectivity index (χ1v) is 6.66. The molecule has 0 radical (unpaired) electrons. The molecule has 0 heterocycles. The summed E-state index contributed by atoms with van der Waals surface area (Å²) in [6, 6.07) is 7.37. The highest BCUT2D eigenvalue weighted by atomic mass is 16.5. The van der Waals surface area contributed by atoms with Crippen LogP contribution in [-0.2, 0) is 4.79 Å². The van der Waals surface area contributed by atoms with Gasteiger partial charge in [0, 0.05) is 0 Å². The molecule has 0 aliphatic heterocycles. The molecule has 1 aromatic rings.